The van der Waals surface area contributed by atoms with Crippen LogP contribution in [0, 0.1) is 5.41 Å². The molecule has 2 heterocycles. The van der Waals surface area contributed by atoms with Crippen LogP contribution < -0.4 is 9.47 Å². The maximum Gasteiger partial charge on any atom is 0.187 e. The molecule has 0 bridgehead atoms. The van der Waals surface area contributed by atoms with Crippen molar-refractivity contribution < 1.29 is 23.9 Å². The summed E-state index contributed by atoms with van der Waals surface area (Å²) < 4.78 is 11.3. The number of hydrazone groups is 1. The number of ether oxygens (including phenoxy) is 2. The molecule has 7 rings (SSSR count). The van der Waals surface area contributed by atoms with E-state index >= 15 is 0 Å². The van der Waals surface area contributed by atoms with Gasteiger partial charge >= 0.3 is 0 Å². The minimum Gasteiger partial charge on any atom is -0.497 e. The van der Waals surface area contributed by atoms with Crippen molar-refractivity contribution in [3.05, 3.63) is 129 Å². The summed E-state index contributed by atoms with van der Waals surface area (Å²) in [4.78, 5) is 44.3. The lowest BCUT2D eigenvalue weighted by atomic mass is 9.62. The van der Waals surface area contributed by atoms with Crippen LogP contribution in [0.3, 0.4) is 0 Å². The number of rotatable bonds is 5. The molecule has 4 aromatic carbocycles. The lowest BCUT2D eigenvalue weighted by Gasteiger charge is -2.36. The van der Waals surface area contributed by atoms with Gasteiger partial charge in [-0.15, -0.1) is 0 Å². The zero-order valence-corrected chi connectivity index (χ0v) is 23.5. The Balaban J connectivity index is 1.57. The summed E-state index contributed by atoms with van der Waals surface area (Å²) in [5.74, 6) is -0.969. The molecule has 208 valence electrons. The molecule has 0 unspecified atom stereocenters. The highest BCUT2D eigenvalue weighted by molar-refractivity contribution is 6.32. The van der Waals surface area contributed by atoms with E-state index < -0.39 is 23.4 Å². The van der Waals surface area contributed by atoms with Crippen molar-refractivity contribution in [3.8, 4) is 11.5 Å². The Bertz CT molecular complexity index is 1780. The van der Waals surface area contributed by atoms with Crippen LogP contribution in [-0.4, -0.2) is 48.8 Å². The number of ketones is 3. The Kier molecular flexibility index (Phi) is 6.02. The lowest BCUT2D eigenvalue weighted by Crippen LogP contribution is -2.44. The van der Waals surface area contributed by atoms with Gasteiger partial charge in [0.2, 0.25) is 0 Å². The van der Waals surface area contributed by atoms with Crippen molar-refractivity contribution in [2.45, 2.75) is 18.0 Å². The zero-order valence-electron chi connectivity index (χ0n) is 22.8. The normalized spacial score (nSPS) is 21.2. The fourth-order valence-corrected chi connectivity index (χ4v) is 7.11. The summed E-state index contributed by atoms with van der Waals surface area (Å²) in [6.45, 7) is 0. The minimum absolute atomic E-state index is 0.287. The molecular formula is C34H25ClN2O5. The van der Waals surface area contributed by atoms with E-state index in [4.69, 9.17) is 26.2 Å². The van der Waals surface area contributed by atoms with Crippen molar-refractivity contribution >= 4 is 35.2 Å². The smallest absolute Gasteiger partial charge is 0.187 e. The number of fused-ring (bicyclic) bond motifs is 5. The standard InChI is InChI=1S/C34H25ClN2O5/c1-41-22-15-16-26(27(17-22)42-2)28-29(30(38)19-11-13-21(35)14-12-19)37-31(23-8-4-3-7-20(23)18-36-37)34(28)32(39)24-9-5-6-10-25(24)33(34)40/h3-18,28-29,31H,1-2H3/t28-,29+,31+/m1/s1. The molecule has 2 aliphatic heterocycles. The molecule has 0 N–H and O–H groups in total. The largest absolute Gasteiger partial charge is 0.497 e. The highest BCUT2D eigenvalue weighted by atomic mass is 35.5. The summed E-state index contributed by atoms with van der Waals surface area (Å²) in [6, 6.07) is 24.4. The minimum atomic E-state index is -1.70. The van der Waals surface area contributed by atoms with E-state index in [2.05, 4.69) is 0 Å². The summed E-state index contributed by atoms with van der Waals surface area (Å²) in [6.07, 6.45) is 1.69. The summed E-state index contributed by atoms with van der Waals surface area (Å²) in [5, 5.41) is 6.94. The maximum absolute atomic E-state index is 14.9. The van der Waals surface area contributed by atoms with E-state index in [9.17, 15) is 14.4 Å². The predicted octanol–water partition coefficient (Wildman–Crippen LogP) is 6.16. The van der Waals surface area contributed by atoms with Crippen LogP contribution in [0.4, 0.5) is 0 Å². The molecule has 3 aliphatic rings. The second kappa shape index (κ2) is 9.67. The Morgan fingerprint density at radius 1 is 0.833 bits per heavy atom. The number of methoxy groups -OCH3 is 2. The molecule has 1 spiro atoms. The third kappa shape index (κ3) is 3.46. The second-order valence-electron chi connectivity index (χ2n) is 10.6. The van der Waals surface area contributed by atoms with Gasteiger partial charge in [0.25, 0.3) is 0 Å². The Hall–Kier alpha value is -4.75. The number of nitrogens with zero attached hydrogens (tertiary/aromatic N) is 2. The SMILES string of the molecule is COc1ccc([C@@H]2[C@@H](C(=O)c3ccc(Cl)cc3)N3N=Cc4ccccc4[C@H]3C23C(=O)c2ccccc2C3=O)c(OC)c1. The van der Waals surface area contributed by atoms with E-state index in [1.54, 1.807) is 85.1 Å². The molecule has 8 heteroatoms. The number of Topliss-reactive ketones (excluding diaryl/α,β-unsaturated/α-hetero) is 3. The summed E-state index contributed by atoms with van der Waals surface area (Å²) in [5.41, 5.74) is 1.45. The van der Waals surface area contributed by atoms with Crippen molar-refractivity contribution in [2.75, 3.05) is 14.2 Å². The van der Waals surface area contributed by atoms with Crippen molar-refractivity contribution in [2.24, 2.45) is 10.5 Å². The fourth-order valence-electron chi connectivity index (χ4n) is 6.98. The first-order chi connectivity index (χ1) is 20.4. The summed E-state index contributed by atoms with van der Waals surface area (Å²) >= 11 is 6.16. The zero-order chi connectivity index (χ0) is 29.2. The Labute approximate surface area is 247 Å². The molecular weight excluding hydrogens is 552 g/mol. The van der Waals surface area contributed by atoms with Gasteiger partial charge in [-0.2, -0.15) is 5.10 Å². The molecule has 0 amide bonds. The third-order valence-electron chi connectivity index (χ3n) is 8.75. The van der Waals surface area contributed by atoms with Gasteiger partial charge in [-0.05, 0) is 41.5 Å². The predicted molar refractivity (Wildman–Crippen MR) is 158 cm³/mol. The van der Waals surface area contributed by atoms with Gasteiger partial charge in [0.05, 0.1) is 26.5 Å². The quantitative estimate of drug-likeness (QED) is 0.209. The monoisotopic (exact) mass is 576 g/mol. The van der Waals surface area contributed by atoms with Gasteiger partial charge in [0.1, 0.15) is 23.0 Å². The average Bonchev–Trinajstić information content (AvgIpc) is 3.46. The number of hydrogen-bond acceptors (Lipinski definition) is 7. The highest BCUT2D eigenvalue weighted by Gasteiger charge is 2.73. The Morgan fingerprint density at radius 3 is 2.17 bits per heavy atom. The highest BCUT2D eigenvalue weighted by Crippen LogP contribution is 2.65. The first-order valence-corrected chi connectivity index (χ1v) is 13.9. The van der Waals surface area contributed by atoms with E-state index in [0.717, 1.165) is 11.1 Å². The van der Waals surface area contributed by atoms with Gasteiger partial charge < -0.3 is 9.47 Å². The molecule has 7 nitrogen and oxygen atoms in total. The molecule has 1 saturated heterocycles. The van der Waals surface area contributed by atoms with Crippen LogP contribution in [0.5, 0.6) is 11.5 Å². The van der Waals surface area contributed by atoms with Gasteiger partial charge in [0.15, 0.2) is 17.3 Å². The van der Waals surface area contributed by atoms with Crippen molar-refractivity contribution in [1.29, 1.82) is 0 Å². The molecule has 4 aromatic rings. The van der Waals surface area contributed by atoms with Crippen LogP contribution in [0.1, 0.15) is 59.7 Å². The van der Waals surface area contributed by atoms with Gasteiger partial charge in [-0.3, -0.25) is 19.4 Å². The topological polar surface area (TPSA) is 85.3 Å². The molecule has 1 fully saturated rings. The first kappa shape index (κ1) is 26.2. The second-order valence-corrected chi connectivity index (χ2v) is 11.1. The first-order valence-electron chi connectivity index (χ1n) is 13.5. The van der Waals surface area contributed by atoms with E-state index in [1.165, 1.54) is 7.11 Å². The molecule has 42 heavy (non-hydrogen) atoms. The van der Waals surface area contributed by atoms with Gasteiger partial charge in [-0.1, -0.05) is 66.2 Å². The molecule has 3 atom stereocenters. The molecule has 0 saturated carbocycles. The van der Waals surface area contributed by atoms with Crippen LogP contribution in [0.2, 0.25) is 5.02 Å². The molecule has 0 aromatic heterocycles. The average molecular weight is 577 g/mol. The van der Waals surface area contributed by atoms with Crippen LogP contribution >= 0.6 is 11.6 Å². The van der Waals surface area contributed by atoms with E-state index in [-0.39, 0.29) is 17.3 Å². The van der Waals surface area contributed by atoms with E-state index in [0.29, 0.717) is 38.8 Å². The fraction of sp³-hybridized carbons (Fsp3) is 0.176. The van der Waals surface area contributed by atoms with Gasteiger partial charge in [-0.25, -0.2) is 0 Å². The van der Waals surface area contributed by atoms with Crippen molar-refractivity contribution in [1.82, 2.24) is 5.01 Å². The van der Waals surface area contributed by atoms with E-state index in [1.807, 2.05) is 24.3 Å². The Morgan fingerprint density at radius 2 is 1.50 bits per heavy atom. The molecule has 1 aliphatic carbocycles. The maximum atomic E-state index is 14.9. The van der Waals surface area contributed by atoms with Crippen LogP contribution in [0.15, 0.2) is 96.1 Å². The third-order valence-corrected chi connectivity index (χ3v) is 9.00. The summed E-state index contributed by atoms with van der Waals surface area (Å²) in [7, 11) is 3.06. The number of halogens is 1. The number of carbonyl (C=O) groups is 3. The lowest BCUT2D eigenvalue weighted by molar-refractivity contribution is 0.0585. The van der Waals surface area contributed by atoms with Crippen LogP contribution in [-0.2, 0) is 0 Å². The van der Waals surface area contributed by atoms with Gasteiger partial charge in [0, 0.05) is 39.3 Å². The molecule has 0 radical (unpaired) electrons. The number of benzene rings is 4. The number of carbonyl (C=O) groups excluding carboxylic acids is 3. The van der Waals surface area contributed by atoms with Crippen molar-refractivity contribution in [3.63, 3.8) is 0 Å². The number of hydrogen-bond donors (Lipinski definition) is 0. The van der Waals surface area contributed by atoms with Crippen LogP contribution in [0.25, 0.3) is 0 Å².